The Balaban J connectivity index is 2.09. The zero-order chi connectivity index (χ0) is 13.1. The fourth-order valence-corrected chi connectivity index (χ4v) is 3.50. The fourth-order valence-electron chi connectivity index (χ4n) is 2.57. The van der Waals surface area contributed by atoms with Crippen LogP contribution < -0.4 is 0 Å². The van der Waals surface area contributed by atoms with Crippen LogP contribution in [-0.4, -0.2) is 17.5 Å². The van der Waals surface area contributed by atoms with Crippen LogP contribution in [0.25, 0.3) is 0 Å². The monoisotopic (exact) mass is 318 g/mol. The van der Waals surface area contributed by atoms with Crippen LogP contribution in [0.2, 0.25) is 0 Å². The van der Waals surface area contributed by atoms with E-state index in [1.807, 2.05) is 0 Å². The maximum Gasteiger partial charge on any atom is 0.129 e. The summed E-state index contributed by atoms with van der Waals surface area (Å²) in [6, 6.07) is 4.01. The SMILES string of the molecule is CCC1OCCC1C(Br)Cc1c(F)cccc1F. The minimum atomic E-state index is -0.466. The number of hydrogen-bond donors (Lipinski definition) is 0. The Labute approximate surface area is 115 Å². The summed E-state index contributed by atoms with van der Waals surface area (Å²) in [5.41, 5.74) is 0.168. The molecule has 0 aromatic heterocycles. The highest BCUT2D eigenvalue weighted by molar-refractivity contribution is 9.09. The number of hydrogen-bond acceptors (Lipinski definition) is 1. The van der Waals surface area contributed by atoms with Gasteiger partial charge in [-0.2, -0.15) is 0 Å². The van der Waals surface area contributed by atoms with E-state index in [1.54, 1.807) is 0 Å². The van der Waals surface area contributed by atoms with Crippen molar-refractivity contribution >= 4 is 15.9 Å². The van der Waals surface area contributed by atoms with E-state index in [-0.39, 0.29) is 16.5 Å². The first-order valence-corrected chi connectivity index (χ1v) is 7.23. The standard InChI is InChI=1S/C14H17BrF2O/c1-2-14-9(6-7-18-14)11(15)8-10-12(16)4-3-5-13(10)17/h3-5,9,11,14H,2,6-8H2,1H3. The molecule has 1 aromatic carbocycles. The molecule has 1 fully saturated rings. The van der Waals surface area contributed by atoms with Crippen LogP contribution in [-0.2, 0) is 11.2 Å². The van der Waals surface area contributed by atoms with E-state index in [1.165, 1.54) is 18.2 Å². The number of ether oxygens (including phenoxy) is 1. The van der Waals surface area contributed by atoms with Crippen molar-refractivity contribution < 1.29 is 13.5 Å². The van der Waals surface area contributed by atoms with Crippen molar-refractivity contribution in [1.29, 1.82) is 0 Å². The van der Waals surface area contributed by atoms with Gasteiger partial charge in [0.05, 0.1) is 6.10 Å². The first-order valence-electron chi connectivity index (χ1n) is 6.32. The molecule has 0 amide bonds. The lowest BCUT2D eigenvalue weighted by Gasteiger charge is -2.22. The molecule has 1 aliphatic rings. The van der Waals surface area contributed by atoms with E-state index in [9.17, 15) is 8.78 Å². The molecule has 18 heavy (non-hydrogen) atoms. The normalized spacial score (nSPS) is 25.3. The lowest BCUT2D eigenvalue weighted by Crippen LogP contribution is -2.26. The quantitative estimate of drug-likeness (QED) is 0.760. The van der Waals surface area contributed by atoms with Gasteiger partial charge in [-0.3, -0.25) is 0 Å². The molecule has 0 bridgehead atoms. The van der Waals surface area contributed by atoms with Gasteiger partial charge in [0.1, 0.15) is 11.6 Å². The molecule has 1 nitrogen and oxygen atoms in total. The van der Waals surface area contributed by atoms with Crippen LogP contribution in [0.15, 0.2) is 18.2 Å². The van der Waals surface area contributed by atoms with E-state index < -0.39 is 11.6 Å². The predicted octanol–water partition coefficient (Wildman–Crippen LogP) is 4.09. The highest BCUT2D eigenvalue weighted by atomic mass is 79.9. The average molecular weight is 319 g/mol. The van der Waals surface area contributed by atoms with Gasteiger partial charge in [0, 0.05) is 22.9 Å². The van der Waals surface area contributed by atoms with E-state index in [0.29, 0.717) is 12.3 Å². The molecule has 0 saturated carbocycles. The van der Waals surface area contributed by atoms with E-state index in [0.717, 1.165) is 19.4 Å². The number of alkyl halides is 1. The summed E-state index contributed by atoms with van der Waals surface area (Å²) in [5, 5.41) is 0. The van der Waals surface area contributed by atoms with Crippen LogP contribution in [0.5, 0.6) is 0 Å². The van der Waals surface area contributed by atoms with Gasteiger partial charge in [0.2, 0.25) is 0 Å². The lowest BCUT2D eigenvalue weighted by molar-refractivity contribution is 0.0872. The summed E-state index contributed by atoms with van der Waals surface area (Å²) >= 11 is 3.58. The average Bonchev–Trinajstić information content (AvgIpc) is 2.82. The molecule has 1 aliphatic heterocycles. The second kappa shape index (κ2) is 6.11. The molecule has 0 aliphatic carbocycles. The Hall–Kier alpha value is -0.480. The van der Waals surface area contributed by atoms with Crippen molar-refractivity contribution in [2.45, 2.75) is 37.1 Å². The van der Waals surface area contributed by atoms with Crippen molar-refractivity contribution in [2.75, 3.05) is 6.61 Å². The first-order chi connectivity index (χ1) is 8.63. The maximum atomic E-state index is 13.6. The van der Waals surface area contributed by atoms with Crippen LogP contribution in [0.3, 0.4) is 0 Å². The number of halogens is 3. The Kier molecular flexibility index (Phi) is 4.73. The molecule has 100 valence electrons. The largest absolute Gasteiger partial charge is 0.378 e. The van der Waals surface area contributed by atoms with Gasteiger partial charge in [-0.25, -0.2) is 8.78 Å². The van der Waals surface area contributed by atoms with Gasteiger partial charge in [0.25, 0.3) is 0 Å². The minimum Gasteiger partial charge on any atom is -0.378 e. The molecule has 3 unspecified atom stereocenters. The van der Waals surface area contributed by atoms with E-state index >= 15 is 0 Å². The summed E-state index contributed by atoms with van der Waals surface area (Å²) in [4.78, 5) is 0.0522. The molecule has 0 radical (unpaired) electrons. The van der Waals surface area contributed by atoms with E-state index in [4.69, 9.17) is 4.74 Å². The van der Waals surface area contributed by atoms with Crippen molar-refractivity contribution in [1.82, 2.24) is 0 Å². The lowest BCUT2D eigenvalue weighted by atomic mass is 9.92. The third kappa shape index (κ3) is 2.91. The Morgan fingerprint density at radius 1 is 1.39 bits per heavy atom. The first kappa shape index (κ1) is 13.9. The maximum absolute atomic E-state index is 13.6. The molecule has 1 aromatic rings. The smallest absolute Gasteiger partial charge is 0.129 e. The van der Waals surface area contributed by atoms with Crippen molar-refractivity contribution in [3.63, 3.8) is 0 Å². The number of rotatable bonds is 4. The van der Waals surface area contributed by atoms with Crippen molar-refractivity contribution in [3.05, 3.63) is 35.4 Å². The van der Waals surface area contributed by atoms with Gasteiger partial charge >= 0.3 is 0 Å². The van der Waals surface area contributed by atoms with Gasteiger partial charge in [-0.05, 0) is 31.4 Å². The summed E-state index contributed by atoms with van der Waals surface area (Å²) in [5.74, 6) is -0.605. The summed E-state index contributed by atoms with van der Waals surface area (Å²) in [7, 11) is 0. The molecule has 3 atom stereocenters. The van der Waals surface area contributed by atoms with Crippen LogP contribution in [0.1, 0.15) is 25.3 Å². The van der Waals surface area contributed by atoms with Gasteiger partial charge < -0.3 is 4.74 Å². The highest BCUT2D eigenvalue weighted by Gasteiger charge is 2.33. The van der Waals surface area contributed by atoms with E-state index in [2.05, 4.69) is 22.9 Å². The zero-order valence-electron chi connectivity index (χ0n) is 10.3. The minimum absolute atomic E-state index is 0.0522. The molecule has 1 heterocycles. The van der Waals surface area contributed by atoms with Crippen molar-refractivity contribution in [2.24, 2.45) is 5.92 Å². The summed E-state index contributed by atoms with van der Waals surface area (Å²) in [6.45, 7) is 2.82. The molecular formula is C14H17BrF2O. The van der Waals surface area contributed by atoms with Gasteiger partial charge in [-0.15, -0.1) is 0 Å². The molecule has 4 heteroatoms. The zero-order valence-corrected chi connectivity index (χ0v) is 11.9. The second-order valence-corrected chi connectivity index (χ2v) is 5.87. The second-order valence-electron chi connectivity index (χ2n) is 4.69. The number of benzene rings is 1. The predicted molar refractivity (Wildman–Crippen MR) is 70.9 cm³/mol. The topological polar surface area (TPSA) is 9.23 Å². The van der Waals surface area contributed by atoms with Crippen LogP contribution in [0, 0.1) is 17.6 Å². The Morgan fingerprint density at radius 3 is 2.67 bits per heavy atom. The summed E-state index contributed by atoms with van der Waals surface area (Å²) < 4.78 is 32.8. The fraction of sp³-hybridized carbons (Fsp3) is 0.571. The Morgan fingerprint density at radius 2 is 2.06 bits per heavy atom. The Bertz CT molecular complexity index is 391. The van der Waals surface area contributed by atoms with Gasteiger partial charge in [-0.1, -0.05) is 28.9 Å². The summed E-state index contributed by atoms with van der Waals surface area (Å²) in [6.07, 6.45) is 2.45. The van der Waals surface area contributed by atoms with Crippen LogP contribution in [0.4, 0.5) is 8.78 Å². The van der Waals surface area contributed by atoms with Crippen LogP contribution >= 0.6 is 15.9 Å². The van der Waals surface area contributed by atoms with Gasteiger partial charge in [0.15, 0.2) is 0 Å². The third-order valence-electron chi connectivity index (χ3n) is 3.59. The molecular weight excluding hydrogens is 302 g/mol. The molecule has 0 spiro atoms. The molecule has 2 rings (SSSR count). The highest BCUT2D eigenvalue weighted by Crippen LogP contribution is 2.33. The van der Waals surface area contributed by atoms with Crippen molar-refractivity contribution in [3.8, 4) is 0 Å². The molecule has 1 saturated heterocycles. The third-order valence-corrected chi connectivity index (χ3v) is 4.59. The molecule has 0 N–H and O–H groups in total.